The standard InChI is InChI=1S/C17H14Br3F3O7S2/c18-6-3-7(19)14(8(20)4-6)30-16(25)13-10-2-1-9(31-10)12(13)15(24)29-11(17(21,22)23)5-32(26,27)28/h3-4,9-13H,1-2,5H2,(H,26,27,28). The van der Waals surface area contributed by atoms with Gasteiger partial charge in [-0.2, -0.15) is 33.4 Å². The molecule has 2 bridgehead atoms. The Balaban J connectivity index is 1.82. The van der Waals surface area contributed by atoms with Crippen molar-refractivity contribution in [3.8, 4) is 5.75 Å². The number of thioether (sulfide) groups is 1. The van der Waals surface area contributed by atoms with Crippen LogP contribution in [-0.4, -0.2) is 53.4 Å². The molecule has 3 rings (SSSR count). The van der Waals surface area contributed by atoms with Crippen molar-refractivity contribution in [1.29, 1.82) is 0 Å². The Hall–Kier alpha value is -0.350. The summed E-state index contributed by atoms with van der Waals surface area (Å²) in [5.74, 6) is -6.18. The molecule has 1 aromatic carbocycles. The number of esters is 2. The van der Waals surface area contributed by atoms with E-state index in [1.165, 1.54) is 11.8 Å². The Bertz CT molecular complexity index is 1010. The van der Waals surface area contributed by atoms with Crippen molar-refractivity contribution in [3.05, 3.63) is 25.6 Å². The van der Waals surface area contributed by atoms with Gasteiger partial charge in [0.1, 0.15) is 5.75 Å². The third-order valence-corrected chi connectivity index (χ3v) is 9.09. The zero-order valence-electron chi connectivity index (χ0n) is 15.6. The molecule has 1 N–H and O–H groups in total. The molecule has 178 valence electrons. The lowest BCUT2D eigenvalue weighted by Gasteiger charge is -2.28. The number of carbonyl (C=O) groups is 2. The molecule has 2 heterocycles. The lowest BCUT2D eigenvalue weighted by Crippen LogP contribution is -2.45. The molecule has 0 aliphatic carbocycles. The van der Waals surface area contributed by atoms with Crippen LogP contribution in [0.15, 0.2) is 25.6 Å². The van der Waals surface area contributed by atoms with Gasteiger partial charge < -0.3 is 9.47 Å². The summed E-state index contributed by atoms with van der Waals surface area (Å²) in [5.41, 5.74) is 0. The minimum atomic E-state index is -5.22. The van der Waals surface area contributed by atoms with Gasteiger partial charge in [0.15, 0.2) is 5.75 Å². The first-order valence-corrected chi connectivity index (χ1v) is 13.8. The van der Waals surface area contributed by atoms with Gasteiger partial charge in [-0.25, -0.2) is 0 Å². The highest BCUT2D eigenvalue weighted by molar-refractivity contribution is 9.11. The Morgan fingerprint density at radius 2 is 1.59 bits per heavy atom. The number of fused-ring (bicyclic) bond motifs is 2. The minimum Gasteiger partial charge on any atom is -0.451 e. The van der Waals surface area contributed by atoms with Gasteiger partial charge in [0.2, 0.25) is 6.10 Å². The number of hydrogen-bond acceptors (Lipinski definition) is 7. The van der Waals surface area contributed by atoms with E-state index in [4.69, 9.17) is 9.29 Å². The summed E-state index contributed by atoms with van der Waals surface area (Å²) >= 11 is 11.1. The fourth-order valence-corrected chi connectivity index (χ4v) is 8.63. The van der Waals surface area contributed by atoms with Gasteiger partial charge in [-0.05, 0) is 56.8 Å². The Morgan fingerprint density at radius 3 is 2.06 bits per heavy atom. The quantitative estimate of drug-likeness (QED) is 0.259. The van der Waals surface area contributed by atoms with Gasteiger partial charge in [-0.15, -0.1) is 0 Å². The largest absolute Gasteiger partial charge is 0.451 e. The zero-order valence-corrected chi connectivity index (χ0v) is 22.0. The monoisotopic (exact) mass is 688 g/mol. The van der Waals surface area contributed by atoms with Gasteiger partial charge in [0.05, 0.1) is 20.8 Å². The highest BCUT2D eigenvalue weighted by Crippen LogP contribution is 2.54. The van der Waals surface area contributed by atoms with Gasteiger partial charge >= 0.3 is 18.1 Å². The summed E-state index contributed by atoms with van der Waals surface area (Å²) in [7, 11) is -5.08. The van der Waals surface area contributed by atoms with E-state index in [1.54, 1.807) is 12.1 Å². The molecule has 0 aromatic heterocycles. The van der Waals surface area contributed by atoms with Crippen LogP contribution in [0.2, 0.25) is 0 Å². The lowest BCUT2D eigenvalue weighted by molar-refractivity contribution is -0.218. The van der Waals surface area contributed by atoms with Crippen molar-refractivity contribution < 1.29 is 45.2 Å². The van der Waals surface area contributed by atoms with Crippen molar-refractivity contribution in [2.45, 2.75) is 35.6 Å². The minimum absolute atomic E-state index is 0.137. The lowest BCUT2D eigenvalue weighted by atomic mass is 9.79. The number of benzene rings is 1. The molecule has 5 unspecified atom stereocenters. The first-order valence-electron chi connectivity index (χ1n) is 8.91. The second kappa shape index (κ2) is 9.72. The smallest absolute Gasteiger partial charge is 0.426 e. The third-order valence-electron chi connectivity index (χ3n) is 4.97. The van der Waals surface area contributed by atoms with Gasteiger partial charge in [-0.3, -0.25) is 14.1 Å². The van der Waals surface area contributed by atoms with Crippen LogP contribution in [0.4, 0.5) is 13.2 Å². The number of hydrogen-bond donors (Lipinski definition) is 1. The number of rotatable bonds is 6. The molecule has 2 aliphatic rings. The number of ether oxygens (including phenoxy) is 2. The molecule has 2 saturated heterocycles. The molecule has 2 aliphatic heterocycles. The molecule has 0 amide bonds. The highest BCUT2D eigenvalue weighted by Gasteiger charge is 2.58. The molecular formula is C17H14Br3F3O7S2. The summed E-state index contributed by atoms with van der Waals surface area (Å²) in [5, 5.41) is -0.828. The van der Waals surface area contributed by atoms with Gasteiger partial charge in [-0.1, -0.05) is 15.9 Å². The summed E-state index contributed by atoms with van der Waals surface area (Å²) in [6, 6.07) is 3.25. The first kappa shape index (κ1) is 26.3. The van der Waals surface area contributed by atoms with Crippen LogP contribution < -0.4 is 4.74 Å². The Morgan fingerprint density at radius 1 is 1.09 bits per heavy atom. The Kier molecular flexibility index (Phi) is 7.98. The SMILES string of the molecule is O=C(Oc1c(Br)cc(Br)cc1Br)C1C2CCC(S2)C1C(=O)OC(CS(=O)(=O)O)C(F)(F)F. The Labute approximate surface area is 210 Å². The van der Waals surface area contributed by atoms with E-state index in [0.29, 0.717) is 26.3 Å². The fraction of sp³-hybridized carbons (Fsp3) is 0.529. The average Bonchev–Trinajstić information content (AvgIpc) is 3.23. The highest BCUT2D eigenvalue weighted by atomic mass is 79.9. The summed E-state index contributed by atoms with van der Waals surface area (Å²) in [6.07, 6.45) is -7.23. The second-order valence-electron chi connectivity index (χ2n) is 7.18. The van der Waals surface area contributed by atoms with E-state index in [-0.39, 0.29) is 11.0 Å². The molecule has 15 heteroatoms. The van der Waals surface area contributed by atoms with E-state index in [2.05, 4.69) is 52.5 Å². The average molecular weight is 691 g/mol. The van der Waals surface area contributed by atoms with Gasteiger partial charge in [0.25, 0.3) is 10.1 Å². The zero-order chi connectivity index (χ0) is 24.0. The van der Waals surface area contributed by atoms with Crippen LogP contribution in [0.1, 0.15) is 12.8 Å². The maximum Gasteiger partial charge on any atom is 0.426 e. The predicted octanol–water partition coefficient (Wildman–Crippen LogP) is 4.75. The van der Waals surface area contributed by atoms with Crippen LogP contribution >= 0.6 is 59.6 Å². The predicted molar refractivity (Wildman–Crippen MR) is 119 cm³/mol. The molecule has 1 aromatic rings. The van der Waals surface area contributed by atoms with Crippen molar-refractivity contribution >= 4 is 81.6 Å². The molecule has 2 fully saturated rings. The van der Waals surface area contributed by atoms with Crippen molar-refractivity contribution in [2.75, 3.05) is 5.75 Å². The van der Waals surface area contributed by atoms with Crippen LogP contribution in [0.3, 0.4) is 0 Å². The topological polar surface area (TPSA) is 107 Å². The second-order valence-corrected chi connectivity index (χ2v) is 12.8. The molecule has 0 spiro atoms. The van der Waals surface area contributed by atoms with E-state index in [0.717, 1.165) is 0 Å². The molecule has 0 saturated carbocycles. The first-order chi connectivity index (χ1) is 14.7. The molecule has 5 atom stereocenters. The van der Waals surface area contributed by atoms with Crippen LogP contribution in [0.5, 0.6) is 5.75 Å². The summed E-state index contributed by atoms with van der Waals surface area (Å²) < 4.78 is 81.7. The normalized spacial score (nSPS) is 26.1. The van der Waals surface area contributed by atoms with Crippen LogP contribution in [0.25, 0.3) is 0 Å². The summed E-state index contributed by atoms with van der Waals surface area (Å²) in [4.78, 5) is 25.6. The number of alkyl halides is 3. The van der Waals surface area contributed by atoms with E-state index in [1.807, 2.05) is 0 Å². The molecule has 0 radical (unpaired) electrons. The molecule has 32 heavy (non-hydrogen) atoms. The number of carbonyl (C=O) groups excluding carboxylic acids is 2. The third kappa shape index (κ3) is 6.01. The van der Waals surface area contributed by atoms with Crippen LogP contribution in [-0.2, 0) is 24.4 Å². The van der Waals surface area contributed by atoms with Crippen LogP contribution in [0, 0.1) is 11.8 Å². The maximum absolute atomic E-state index is 13.2. The van der Waals surface area contributed by atoms with E-state index < -0.39 is 57.2 Å². The molecular weight excluding hydrogens is 677 g/mol. The molecule has 7 nitrogen and oxygen atoms in total. The van der Waals surface area contributed by atoms with E-state index in [9.17, 15) is 31.2 Å². The van der Waals surface area contributed by atoms with Gasteiger partial charge in [0, 0.05) is 15.0 Å². The van der Waals surface area contributed by atoms with Crippen molar-refractivity contribution in [2.24, 2.45) is 11.8 Å². The van der Waals surface area contributed by atoms with Crippen molar-refractivity contribution in [1.82, 2.24) is 0 Å². The van der Waals surface area contributed by atoms with E-state index >= 15 is 0 Å². The maximum atomic E-state index is 13.2. The van der Waals surface area contributed by atoms with Crippen molar-refractivity contribution in [3.63, 3.8) is 0 Å². The fourth-order valence-electron chi connectivity index (χ4n) is 3.68. The summed E-state index contributed by atoms with van der Waals surface area (Å²) in [6.45, 7) is 0. The number of halogens is 6.